The molecule has 2 rings (SSSR count). The van der Waals surface area contributed by atoms with Gasteiger partial charge in [-0.25, -0.2) is 9.18 Å². The Morgan fingerprint density at radius 1 is 1.53 bits per heavy atom. The number of esters is 1. The number of H-pyrrole nitrogens is 1. The van der Waals surface area contributed by atoms with Gasteiger partial charge in [0.2, 0.25) is 0 Å². The minimum Gasteiger partial charge on any atom is -0.464 e. The topological polar surface area (TPSA) is 47.0 Å². The highest BCUT2D eigenvalue weighted by Gasteiger charge is 2.17. The van der Waals surface area contributed by atoms with Gasteiger partial charge < -0.3 is 14.3 Å². The Kier molecular flexibility index (Phi) is 3.80. The standard InChI is InChI=1S/C13H13FN2O2S/c1-16-10(7-8-4-3-5-9(14)6-8)11(12(17)18-2)15-13(16)19/h3-6H,7H2,1-2H3,(H,15,19). The first-order valence-electron chi connectivity index (χ1n) is 5.63. The summed E-state index contributed by atoms with van der Waals surface area (Å²) >= 11 is 5.10. The lowest BCUT2D eigenvalue weighted by atomic mass is 10.1. The highest BCUT2D eigenvalue weighted by atomic mass is 32.1. The van der Waals surface area contributed by atoms with Crippen LogP contribution in [0.1, 0.15) is 21.7 Å². The summed E-state index contributed by atoms with van der Waals surface area (Å²) < 4.78 is 20.0. The van der Waals surface area contributed by atoms with E-state index >= 15 is 0 Å². The fourth-order valence-corrected chi connectivity index (χ4v) is 2.08. The van der Waals surface area contributed by atoms with E-state index < -0.39 is 5.97 Å². The van der Waals surface area contributed by atoms with Crippen LogP contribution in [-0.2, 0) is 18.2 Å². The number of aromatic amines is 1. The SMILES string of the molecule is COC(=O)c1[nH]c(=S)n(C)c1Cc1cccc(F)c1. The average Bonchev–Trinajstić information content (AvgIpc) is 2.66. The lowest BCUT2D eigenvalue weighted by molar-refractivity contribution is 0.0593. The van der Waals surface area contributed by atoms with Crippen molar-refractivity contribution < 1.29 is 13.9 Å². The third-order valence-electron chi connectivity index (χ3n) is 2.88. The number of carbonyl (C=O) groups excluding carboxylic acids is 1. The van der Waals surface area contributed by atoms with Crippen molar-refractivity contribution >= 4 is 18.2 Å². The lowest BCUT2D eigenvalue weighted by Crippen LogP contribution is -2.08. The molecule has 0 fully saturated rings. The highest BCUT2D eigenvalue weighted by Crippen LogP contribution is 2.15. The molecule has 1 N–H and O–H groups in total. The molecular weight excluding hydrogens is 267 g/mol. The number of ether oxygens (including phenoxy) is 1. The van der Waals surface area contributed by atoms with Crippen molar-refractivity contribution in [2.45, 2.75) is 6.42 Å². The van der Waals surface area contributed by atoms with Gasteiger partial charge >= 0.3 is 5.97 Å². The van der Waals surface area contributed by atoms with E-state index in [-0.39, 0.29) is 5.82 Å². The van der Waals surface area contributed by atoms with Crippen molar-refractivity contribution in [3.05, 3.63) is 51.8 Å². The van der Waals surface area contributed by atoms with Gasteiger partial charge in [0, 0.05) is 13.5 Å². The number of nitrogens with zero attached hydrogens (tertiary/aromatic N) is 1. The maximum absolute atomic E-state index is 13.2. The summed E-state index contributed by atoms with van der Waals surface area (Å²) in [7, 11) is 3.05. The Morgan fingerprint density at radius 2 is 2.26 bits per heavy atom. The minimum absolute atomic E-state index is 0.305. The molecule has 4 nitrogen and oxygen atoms in total. The number of halogens is 1. The number of carbonyl (C=O) groups is 1. The van der Waals surface area contributed by atoms with Gasteiger partial charge in [0.05, 0.1) is 12.8 Å². The van der Waals surface area contributed by atoms with Gasteiger partial charge in [-0.1, -0.05) is 12.1 Å². The van der Waals surface area contributed by atoms with E-state index in [1.54, 1.807) is 23.7 Å². The molecule has 0 aliphatic carbocycles. The fraction of sp³-hybridized carbons (Fsp3) is 0.231. The molecule has 0 saturated carbocycles. The molecule has 0 amide bonds. The summed E-state index contributed by atoms with van der Waals surface area (Å²) in [6.45, 7) is 0. The molecule has 0 aliphatic heterocycles. The molecular formula is C13H13FN2O2S. The summed E-state index contributed by atoms with van der Waals surface area (Å²) in [5.41, 5.74) is 1.73. The molecule has 100 valence electrons. The Bertz CT molecular complexity index is 676. The molecule has 0 aliphatic rings. The molecule has 1 heterocycles. The van der Waals surface area contributed by atoms with Crippen LogP contribution in [0.2, 0.25) is 0 Å². The van der Waals surface area contributed by atoms with Crippen LogP contribution in [0.5, 0.6) is 0 Å². The zero-order valence-corrected chi connectivity index (χ0v) is 11.4. The van der Waals surface area contributed by atoms with Crippen LogP contribution in [-0.4, -0.2) is 22.6 Å². The molecule has 1 aromatic heterocycles. The maximum atomic E-state index is 13.2. The third-order valence-corrected chi connectivity index (χ3v) is 3.26. The van der Waals surface area contributed by atoms with Crippen molar-refractivity contribution in [1.29, 1.82) is 0 Å². The van der Waals surface area contributed by atoms with Gasteiger partial charge in [-0.15, -0.1) is 0 Å². The van der Waals surface area contributed by atoms with E-state index in [1.165, 1.54) is 19.2 Å². The first-order chi connectivity index (χ1) is 9.02. The Hall–Kier alpha value is -1.95. The van der Waals surface area contributed by atoms with Gasteiger partial charge in [-0.3, -0.25) is 0 Å². The lowest BCUT2D eigenvalue weighted by Gasteiger charge is -2.06. The van der Waals surface area contributed by atoms with Crippen LogP contribution in [0, 0.1) is 10.6 Å². The summed E-state index contributed by atoms with van der Waals surface area (Å²) in [4.78, 5) is 14.5. The van der Waals surface area contributed by atoms with E-state index in [2.05, 4.69) is 4.98 Å². The Morgan fingerprint density at radius 3 is 2.89 bits per heavy atom. The minimum atomic E-state index is -0.488. The summed E-state index contributed by atoms with van der Waals surface area (Å²) in [5, 5.41) is 0. The molecule has 0 radical (unpaired) electrons. The zero-order chi connectivity index (χ0) is 14.0. The van der Waals surface area contributed by atoms with E-state index in [0.717, 1.165) is 5.56 Å². The van der Waals surface area contributed by atoms with Crippen LogP contribution < -0.4 is 0 Å². The number of rotatable bonds is 3. The number of methoxy groups -OCH3 is 1. The first-order valence-corrected chi connectivity index (χ1v) is 6.04. The van der Waals surface area contributed by atoms with Crippen molar-refractivity contribution in [3.63, 3.8) is 0 Å². The van der Waals surface area contributed by atoms with Crippen LogP contribution in [0.25, 0.3) is 0 Å². The van der Waals surface area contributed by atoms with Crippen LogP contribution >= 0.6 is 12.2 Å². The number of hydrogen-bond acceptors (Lipinski definition) is 3. The summed E-state index contributed by atoms with van der Waals surface area (Å²) in [6, 6.07) is 6.22. The molecule has 6 heteroatoms. The van der Waals surface area contributed by atoms with E-state index in [4.69, 9.17) is 17.0 Å². The van der Waals surface area contributed by atoms with Crippen molar-refractivity contribution in [1.82, 2.24) is 9.55 Å². The van der Waals surface area contributed by atoms with Gasteiger partial charge in [0.1, 0.15) is 11.5 Å². The normalized spacial score (nSPS) is 10.5. The molecule has 0 spiro atoms. The quantitative estimate of drug-likeness (QED) is 0.694. The summed E-state index contributed by atoms with van der Waals surface area (Å²) in [6.07, 6.45) is 0.395. The van der Waals surface area contributed by atoms with E-state index in [0.29, 0.717) is 22.6 Å². The number of nitrogens with one attached hydrogen (secondary N) is 1. The third kappa shape index (κ3) is 2.73. The zero-order valence-electron chi connectivity index (χ0n) is 10.6. The van der Waals surface area contributed by atoms with Gasteiger partial charge in [-0.05, 0) is 29.9 Å². The number of benzene rings is 1. The Balaban J connectivity index is 2.44. The molecule has 0 saturated heterocycles. The van der Waals surface area contributed by atoms with Crippen LogP contribution in [0.15, 0.2) is 24.3 Å². The van der Waals surface area contributed by atoms with Crippen LogP contribution in [0.3, 0.4) is 0 Å². The number of hydrogen-bond donors (Lipinski definition) is 1. The molecule has 0 unspecified atom stereocenters. The second-order valence-electron chi connectivity index (χ2n) is 4.11. The van der Waals surface area contributed by atoms with Crippen molar-refractivity contribution in [2.24, 2.45) is 7.05 Å². The maximum Gasteiger partial charge on any atom is 0.356 e. The number of imidazole rings is 1. The molecule has 19 heavy (non-hydrogen) atoms. The Labute approximate surface area is 114 Å². The second-order valence-corrected chi connectivity index (χ2v) is 4.50. The smallest absolute Gasteiger partial charge is 0.356 e. The van der Waals surface area contributed by atoms with Gasteiger partial charge in [-0.2, -0.15) is 0 Å². The molecule has 0 atom stereocenters. The molecule has 0 bridgehead atoms. The van der Waals surface area contributed by atoms with Crippen molar-refractivity contribution in [3.8, 4) is 0 Å². The largest absolute Gasteiger partial charge is 0.464 e. The monoisotopic (exact) mass is 280 g/mol. The van der Waals surface area contributed by atoms with E-state index in [1.807, 2.05) is 0 Å². The van der Waals surface area contributed by atoms with Gasteiger partial charge in [0.15, 0.2) is 4.77 Å². The fourth-order valence-electron chi connectivity index (χ4n) is 1.87. The van der Waals surface area contributed by atoms with Crippen molar-refractivity contribution in [2.75, 3.05) is 7.11 Å². The second kappa shape index (κ2) is 5.36. The van der Waals surface area contributed by atoms with Crippen LogP contribution in [0.4, 0.5) is 4.39 Å². The average molecular weight is 280 g/mol. The van der Waals surface area contributed by atoms with Gasteiger partial charge in [0.25, 0.3) is 0 Å². The number of aromatic nitrogens is 2. The predicted octanol–water partition coefficient (Wildman–Crippen LogP) is 2.60. The first kappa shape index (κ1) is 13.5. The summed E-state index contributed by atoms with van der Waals surface area (Å²) in [5.74, 6) is -0.799. The van der Waals surface area contributed by atoms with E-state index in [9.17, 15) is 9.18 Å². The predicted molar refractivity (Wildman–Crippen MR) is 71.1 cm³/mol. The molecule has 1 aromatic carbocycles. The highest BCUT2D eigenvalue weighted by molar-refractivity contribution is 7.71. The molecule has 2 aromatic rings.